The van der Waals surface area contributed by atoms with Crippen LogP contribution >= 0.6 is 38.9 Å². The fourth-order valence-corrected chi connectivity index (χ4v) is 3.63. The lowest BCUT2D eigenvalue weighted by molar-refractivity contribution is 0.554. The fourth-order valence-electron chi connectivity index (χ4n) is 1.25. The van der Waals surface area contributed by atoms with E-state index >= 15 is 0 Å². The largest absolute Gasteiger partial charge is 0.146 e. The maximum atomic E-state index is 6.37. The number of halogens is 2. The topological polar surface area (TPSA) is 0 Å². The average Bonchev–Trinajstić information content (AvgIpc) is 2.63. The zero-order chi connectivity index (χ0) is 8.77. The monoisotopic (exact) mass is 264 g/mol. The second-order valence-corrected chi connectivity index (χ2v) is 5.89. The molecule has 1 aromatic rings. The molecule has 1 saturated carbocycles. The Hall–Kier alpha value is 0.470. The quantitative estimate of drug-likeness (QED) is 0.686. The molecule has 0 bridgehead atoms. The Morgan fingerprint density at radius 1 is 1.67 bits per heavy atom. The van der Waals surface area contributed by atoms with E-state index < -0.39 is 0 Å². The lowest BCUT2D eigenvalue weighted by atomic mass is 10.0. The maximum Gasteiger partial charge on any atom is 0.0743 e. The Morgan fingerprint density at radius 3 is 2.75 bits per heavy atom. The summed E-state index contributed by atoms with van der Waals surface area (Å²) in [5, 5.41) is 2.28. The zero-order valence-corrected chi connectivity index (χ0v) is 9.97. The van der Waals surface area contributed by atoms with Gasteiger partial charge in [0.25, 0.3) is 0 Å². The van der Waals surface area contributed by atoms with Crippen molar-refractivity contribution >= 4 is 38.9 Å². The molecular weight excluding hydrogens is 256 g/mol. The van der Waals surface area contributed by atoms with Gasteiger partial charge in [-0.05, 0) is 45.6 Å². The molecule has 3 heteroatoms. The molecule has 0 saturated heterocycles. The van der Waals surface area contributed by atoms with Crippen LogP contribution in [0.3, 0.4) is 0 Å². The van der Waals surface area contributed by atoms with Crippen LogP contribution in [0, 0.1) is 5.41 Å². The van der Waals surface area contributed by atoms with Crippen LogP contribution in [-0.2, 0) is 0 Å². The number of rotatable bonds is 2. The lowest BCUT2D eigenvalue weighted by Crippen LogP contribution is -2.02. The highest BCUT2D eigenvalue weighted by Crippen LogP contribution is 2.59. The first-order valence-corrected chi connectivity index (χ1v) is 6.11. The minimum Gasteiger partial charge on any atom is -0.146 e. The van der Waals surface area contributed by atoms with E-state index in [1.54, 1.807) is 11.3 Å². The van der Waals surface area contributed by atoms with Crippen molar-refractivity contribution in [3.63, 3.8) is 0 Å². The van der Waals surface area contributed by atoms with Crippen molar-refractivity contribution in [3.05, 3.63) is 20.8 Å². The molecule has 66 valence electrons. The van der Waals surface area contributed by atoms with E-state index in [1.165, 1.54) is 22.2 Å². The highest BCUT2D eigenvalue weighted by atomic mass is 79.9. The van der Waals surface area contributed by atoms with Crippen molar-refractivity contribution in [2.45, 2.75) is 25.1 Å². The highest BCUT2D eigenvalue weighted by Gasteiger charge is 2.45. The molecule has 0 spiro atoms. The fraction of sp³-hybridized carbons (Fsp3) is 0.556. The van der Waals surface area contributed by atoms with Gasteiger partial charge in [-0.15, -0.1) is 22.9 Å². The van der Waals surface area contributed by atoms with Crippen LogP contribution in [0.1, 0.15) is 30.0 Å². The minimum absolute atomic E-state index is 0.201. The predicted molar refractivity (Wildman–Crippen MR) is 58.0 cm³/mol. The molecule has 0 amide bonds. The molecule has 0 radical (unpaired) electrons. The van der Waals surface area contributed by atoms with Crippen molar-refractivity contribution in [2.24, 2.45) is 5.41 Å². The van der Waals surface area contributed by atoms with E-state index in [-0.39, 0.29) is 5.38 Å². The highest BCUT2D eigenvalue weighted by molar-refractivity contribution is 9.10. The Kier molecular flexibility index (Phi) is 2.26. The molecule has 0 N–H and O–H groups in total. The van der Waals surface area contributed by atoms with Gasteiger partial charge in [0.2, 0.25) is 0 Å². The summed E-state index contributed by atoms with van der Waals surface area (Å²) in [4.78, 5) is 1.29. The van der Waals surface area contributed by atoms with Gasteiger partial charge in [0, 0.05) is 9.35 Å². The molecule has 1 atom stereocenters. The van der Waals surface area contributed by atoms with Gasteiger partial charge in [-0.3, -0.25) is 0 Å². The molecule has 1 aliphatic rings. The SMILES string of the molecule is CC1(C(Cl)c2sccc2Br)CC1. The van der Waals surface area contributed by atoms with E-state index in [2.05, 4.69) is 34.3 Å². The number of hydrogen-bond acceptors (Lipinski definition) is 1. The van der Waals surface area contributed by atoms with Crippen molar-refractivity contribution in [3.8, 4) is 0 Å². The minimum atomic E-state index is 0.201. The van der Waals surface area contributed by atoms with Crippen LogP contribution < -0.4 is 0 Å². The van der Waals surface area contributed by atoms with Gasteiger partial charge in [0.15, 0.2) is 0 Å². The number of hydrogen-bond donors (Lipinski definition) is 0. The third-order valence-electron chi connectivity index (χ3n) is 2.53. The van der Waals surface area contributed by atoms with Gasteiger partial charge < -0.3 is 0 Å². The first-order chi connectivity index (χ1) is 5.63. The number of thiophene rings is 1. The van der Waals surface area contributed by atoms with Gasteiger partial charge in [-0.25, -0.2) is 0 Å². The van der Waals surface area contributed by atoms with Crippen LogP contribution in [0.2, 0.25) is 0 Å². The first-order valence-electron chi connectivity index (χ1n) is 4.00. The predicted octanol–water partition coefficient (Wildman–Crippen LogP) is 4.59. The van der Waals surface area contributed by atoms with Gasteiger partial charge in [0.05, 0.1) is 5.38 Å². The summed E-state index contributed by atoms with van der Waals surface area (Å²) in [7, 11) is 0. The standard InChI is InChI=1S/C9H10BrClS/c1-9(3-4-9)8(11)7-6(10)2-5-12-7/h2,5,8H,3-4H2,1H3. The normalized spacial score (nSPS) is 22.2. The van der Waals surface area contributed by atoms with Gasteiger partial charge in [-0.1, -0.05) is 6.92 Å². The molecular formula is C9H10BrClS. The number of alkyl halides is 1. The van der Waals surface area contributed by atoms with E-state index in [0.29, 0.717) is 5.41 Å². The molecule has 2 rings (SSSR count). The van der Waals surface area contributed by atoms with Gasteiger partial charge >= 0.3 is 0 Å². The van der Waals surface area contributed by atoms with Crippen molar-refractivity contribution in [2.75, 3.05) is 0 Å². The summed E-state index contributed by atoms with van der Waals surface area (Å²) in [6.07, 6.45) is 2.54. The lowest BCUT2D eigenvalue weighted by Gasteiger charge is -2.14. The third kappa shape index (κ3) is 1.45. The van der Waals surface area contributed by atoms with E-state index in [1.807, 2.05) is 0 Å². The van der Waals surface area contributed by atoms with Crippen LogP contribution in [0.25, 0.3) is 0 Å². The Labute approximate surface area is 90.1 Å². The van der Waals surface area contributed by atoms with Crippen LogP contribution in [0.15, 0.2) is 15.9 Å². The Morgan fingerprint density at radius 2 is 2.33 bits per heavy atom. The Balaban J connectivity index is 2.25. The Bertz CT molecular complexity index is 290. The smallest absolute Gasteiger partial charge is 0.0743 e. The molecule has 0 nitrogen and oxygen atoms in total. The molecule has 1 aromatic heterocycles. The molecule has 1 heterocycles. The van der Waals surface area contributed by atoms with Crippen molar-refractivity contribution in [1.82, 2.24) is 0 Å². The van der Waals surface area contributed by atoms with Crippen LogP contribution in [0.5, 0.6) is 0 Å². The summed E-state index contributed by atoms with van der Waals surface area (Å²) in [5.74, 6) is 0. The molecule has 0 aliphatic heterocycles. The summed E-state index contributed by atoms with van der Waals surface area (Å²) in [6.45, 7) is 2.26. The second kappa shape index (κ2) is 3.00. The maximum absolute atomic E-state index is 6.37. The van der Waals surface area contributed by atoms with Gasteiger partial charge in [0.1, 0.15) is 0 Å². The summed E-state index contributed by atoms with van der Waals surface area (Å²) >= 11 is 11.6. The van der Waals surface area contributed by atoms with Crippen molar-refractivity contribution < 1.29 is 0 Å². The van der Waals surface area contributed by atoms with E-state index in [4.69, 9.17) is 11.6 Å². The average molecular weight is 266 g/mol. The van der Waals surface area contributed by atoms with E-state index in [0.717, 1.165) is 0 Å². The summed E-state index contributed by atoms with van der Waals surface area (Å²) in [5.41, 5.74) is 0.370. The summed E-state index contributed by atoms with van der Waals surface area (Å²) < 4.78 is 1.17. The molecule has 1 unspecified atom stereocenters. The van der Waals surface area contributed by atoms with Crippen LogP contribution in [-0.4, -0.2) is 0 Å². The zero-order valence-electron chi connectivity index (χ0n) is 6.81. The van der Waals surface area contributed by atoms with Gasteiger partial charge in [-0.2, -0.15) is 0 Å². The molecule has 12 heavy (non-hydrogen) atoms. The molecule has 0 aromatic carbocycles. The van der Waals surface area contributed by atoms with Crippen molar-refractivity contribution in [1.29, 1.82) is 0 Å². The summed E-state index contributed by atoms with van der Waals surface area (Å²) in [6, 6.07) is 2.07. The molecule has 1 aliphatic carbocycles. The van der Waals surface area contributed by atoms with Crippen LogP contribution in [0.4, 0.5) is 0 Å². The van der Waals surface area contributed by atoms with E-state index in [9.17, 15) is 0 Å². The molecule has 1 fully saturated rings. The third-order valence-corrected chi connectivity index (χ3v) is 5.34. The first kappa shape index (κ1) is 9.04. The second-order valence-electron chi connectivity index (χ2n) is 3.65.